The zero-order chi connectivity index (χ0) is 18.1. The molecule has 0 heterocycles. The predicted molar refractivity (Wildman–Crippen MR) is 104 cm³/mol. The van der Waals surface area contributed by atoms with E-state index in [0.29, 0.717) is 6.42 Å². The van der Waals surface area contributed by atoms with Crippen molar-refractivity contribution in [2.45, 2.75) is 64.7 Å². The number of nitrogens with one attached hydrogen (secondary N) is 2. The summed E-state index contributed by atoms with van der Waals surface area (Å²) in [5.74, 6) is 2.58. The van der Waals surface area contributed by atoms with Crippen LogP contribution < -0.4 is 10.6 Å². The summed E-state index contributed by atoms with van der Waals surface area (Å²) in [7, 11) is 0. The highest BCUT2D eigenvalue weighted by atomic mass is 16.2. The summed E-state index contributed by atoms with van der Waals surface area (Å²) in [6, 6.07) is 7.54. The molecule has 4 heteroatoms. The standard InChI is InChI=1S/C22H30N2O2/c1-2-3-4-20(25)23-18-5-7-19(8-6-18)24-21(26)22-12-15-9-16(13-22)11-17(10-15)14-22/h5-8,15-17H,2-4,9-14H2,1H3,(H,23,25)(H,24,26). The van der Waals surface area contributed by atoms with Gasteiger partial charge in [-0.25, -0.2) is 0 Å². The van der Waals surface area contributed by atoms with Crippen LogP contribution in [0, 0.1) is 23.2 Å². The third-order valence-corrected chi connectivity index (χ3v) is 6.70. The second-order valence-electron chi connectivity index (χ2n) is 8.88. The van der Waals surface area contributed by atoms with Crippen LogP contribution in [-0.2, 0) is 9.59 Å². The zero-order valence-electron chi connectivity index (χ0n) is 15.7. The van der Waals surface area contributed by atoms with Gasteiger partial charge in [-0.1, -0.05) is 13.3 Å². The highest BCUT2D eigenvalue weighted by molar-refractivity contribution is 5.96. The average molecular weight is 354 g/mol. The third-order valence-electron chi connectivity index (χ3n) is 6.70. The molecule has 0 spiro atoms. The molecule has 4 saturated carbocycles. The van der Waals surface area contributed by atoms with E-state index in [4.69, 9.17) is 0 Å². The fourth-order valence-corrected chi connectivity index (χ4v) is 5.85. The maximum atomic E-state index is 13.1. The van der Waals surface area contributed by atoms with Gasteiger partial charge in [-0.15, -0.1) is 0 Å². The fourth-order valence-electron chi connectivity index (χ4n) is 5.85. The molecule has 0 aliphatic heterocycles. The zero-order valence-corrected chi connectivity index (χ0v) is 15.7. The molecule has 4 fully saturated rings. The quantitative estimate of drug-likeness (QED) is 0.758. The van der Waals surface area contributed by atoms with Crippen molar-refractivity contribution in [3.63, 3.8) is 0 Å². The van der Waals surface area contributed by atoms with E-state index < -0.39 is 0 Å². The molecule has 0 unspecified atom stereocenters. The molecule has 1 aromatic rings. The monoisotopic (exact) mass is 354 g/mol. The Labute approximate surface area is 156 Å². The number of hydrogen-bond acceptors (Lipinski definition) is 2. The van der Waals surface area contributed by atoms with E-state index in [2.05, 4.69) is 17.6 Å². The Morgan fingerprint density at radius 1 is 0.923 bits per heavy atom. The number of carbonyl (C=O) groups is 2. The molecule has 2 amide bonds. The summed E-state index contributed by atoms with van der Waals surface area (Å²) in [5, 5.41) is 6.08. The Kier molecular flexibility index (Phi) is 4.76. The summed E-state index contributed by atoms with van der Waals surface area (Å²) in [4.78, 5) is 24.9. The Morgan fingerprint density at radius 2 is 1.42 bits per heavy atom. The first-order valence-electron chi connectivity index (χ1n) is 10.3. The molecule has 0 radical (unpaired) electrons. The van der Waals surface area contributed by atoms with Crippen LogP contribution in [0.4, 0.5) is 11.4 Å². The molecule has 0 atom stereocenters. The first kappa shape index (κ1) is 17.6. The maximum Gasteiger partial charge on any atom is 0.230 e. The highest BCUT2D eigenvalue weighted by Gasteiger charge is 2.54. The highest BCUT2D eigenvalue weighted by Crippen LogP contribution is 2.60. The first-order valence-corrected chi connectivity index (χ1v) is 10.3. The largest absolute Gasteiger partial charge is 0.326 e. The normalized spacial score (nSPS) is 31.7. The van der Waals surface area contributed by atoms with E-state index in [-0.39, 0.29) is 17.2 Å². The van der Waals surface area contributed by atoms with E-state index in [1.54, 1.807) is 0 Å². The summed E-state index contributed by atoms with van der Waals surface area (Å²) in [6.45, 7) is 2.08. The van der Waals surface area contributed by atoms with Crippen molar-refractivity contribution >= 4 is 23.2 Å². The Morgan fingerprint density at radius 3 is 1.92 bits per heavy atom. The van der Waals surface area contributed by atoms with Crippen LogP contribution in [0.2, 0.25) is 0 Å². The third kappa shape index (κ3) is 3.51. The van der Waals surface area contributed by atoms with Gasteiger partial charge < -0.3 is 10.6 Å². The van der Waals surface area contributed by atoms with E-state index in [9.17, 15) is 9.59 Å². The van der Waals surface area contributed by atoms with Crippen molar-refractivity contribution in [2.24, 2.45) is 23.2 Å². The molecular formula is C22H30N2O2. The maximum absolute atomic E-state index is 13.1. The van der Waals surface area contributed by atoms with E-state index in [1.807, 2.05) is 24.3 Å². The lowest BCUT2D eigenvalue weighted by molar-refractivity contribution is -0.140. The fraction of sp³-hybridized carbons (Fsp3) is 0.636. The van der Waals surface area contributed by atoms with E-state index in [0.717, 1.165) is 61.2 Å². The van der Waals surface area contributed by atoms with Crippen LogP contribution in [0.5, 0.6) is 0 Å². The van der Waals surface area contributed by atoms with Gasteiger partial charge in [0.05, 0.1) is 5.41 Å². The minimum absolute atomic E-state index is 0.0530. The summed E-state index contributed by atoms with van der Waals surface area (Å²) >= 11 is 0. The van der Waals surface area contributed by atoms with Crippen molar-refractivity contribution in [2.75, 3.05) is 10.6 Å². The lowest BCUT2D eigenvalue weighted by Gasteiger charge is -2.55. The minimum Gasteiger partial charge on any atom is -0.326 e. The summed E-state index contributed by atoms with van der Waals surface area (Å²) in [5.41, 5.74) is 1.50. The number of unbranched alkanes of at least 4 members (excludes halogenated alkanes) is 1. The number of amides is 2. The van der Waals surface area contributed by atoms with Gasteiger partial charge in [0.2, 0.25) is 11.8 Å². The van der Waals surface area contributed by atoms with Gasteiger partial charge in [-0.3, -0.25) is 9.59 Å². The van der Waals surface area contributed by atoms with Gasteiger partial charge in [0.1, 0.15) is 0 Å². The van der Waals surface area contributed by atoms with Crippen molar-refractivity contribution in [1.29, 1.82) is 0 Å². The van der Waals surface area contributed by atoms with Gasteiger partial charge >= 0.3 is 0 Å². The number of hydrogen-bond donors (Lipinski definition) is 2. The Hall–Kier alpha value is -1.84. The summed E-state index contributed by atoms with van der Waals surface area (Å²) < 4.78 is 0. The van der Waals surface area contributed by atoms with Crippen molar-refractivity contribution in [1.82, 2.24) is 0 Å². The van der Waals surface area contributed by atoms with E-state index in [1.165, 1.54) is 19.3 Å². The van der Waals surface area contributed by atoms with Crippen LogP contribution in [0.25, 0.3) is 0 Å². The van der Waals surface area contributed by atoms with Crippen LogP contribution in [0.3, 0.4) is 0 Å². The van der Waals surface area contributed by atoms with Crippen molar-refractivity contribution in [3.05, 3.63) is 24.3 Å². The number of carbonyl (C=O) groups excluding carboxylic acids is 2. The molecule has 4 bridgehead atoms. The number of anilines is 2. The SMILES string of the molecule is CCCCC(=O)Nc1ccc(NC(=O)C23CC4CC(CC(C4)C2)C3)cc1. The smallest absolute Gasteiger partial charge is 0.230 e. The second-order valence-corrected chi connectivity index (χ2v) is 8.88. The molecule has 4 aliphatic rings. The first-order chi connectivity index (χ1) is 12.6. The molecule has 1 aromatic carbocycles. The topological polar surface area (TPSA) is 58.2 Å². The Bertz CT molecular complexity index is 645. The van der Waals surface area contributed by atoms with Gasteiger partial charge in [0.15, 0.2) is 0 Å². The Balaban J connectivity index is 1.37. The molecule has 0 aromatic heterocycles. The van der Waals surface area contributed by atoms with Gasteiger partial charge in [0, 0.05) is 17.8 Å². The number of benzene rings is 1. The molecule has 5 rings (SSSR count). The van der Waals surface area contributed by atoms with Crippen LogP contribution in [0.1, 0.15) is 64.7 Å². The summed E-state index contributed by atoms with van der Waals surface area (Å²) in [6.07, 6.45) is 9.76. The van der Waals surface area contributed by atoms with Crippen LogP contribution >= 0.6 is 0 Å². The molecule has 140 valence electrons. The molecular weight excluding hydrogens is 324 g/mol. The molecule has 0 saturated heterocycles. The molecule has 4 nitrogen and oxygen atoms in total. The van der Waals surface area contributed by atoms with Crippen LogP contribution in [0.15, 0.2) is 24.3 Å². The molecule has 4 aliphatic carbocycles. The minimum atomic E-state index is -0.123. The predicted octanol–water partition coefficient (Wildman–Crippen LogP) is 4.97. The van der Waals surface area contributed by atoms with Gasteiger partial charge in [-0.2, -0.15) is 0 Å². The van der Waals surface area contributed by atoms with Crippen molar-refractivity contribution in [3.8, 4) is 0 Å². The second kappa shape index (κ2) is 7.05. The van der Waals surface area contributed by atoms with Crippen molar-refractivity contribution < 1.29 is 9.59 Å². The van der Waals surface area contributed by atoms with E-state index >= 15 is 0 Å². The average Bonchev–Trinajstić information content (AvgIpc) is 2.60. The lowest BCUT2D eigenvalue weighted by Crippen LogP contribution is -2.51. The van der Waals surface area contributed by atoms with Gasteiger partial charge in [0.25, 0.3) is 0 Å². The molecule has 26 heavy (non-hydrogen) atoms. The number of rotatable bonds is 6. The van der Waals surface area contributed by atoms with Crippen LogP contribution in [-0.4, -0.2) is 11.8 Å². The lowest BCUT2D eigenvalue weighted by atomic mass is 9.49. The molecule has 2 N–H and O–H groups in total. The van der Waals surface area contributed by atoms with Gasteiger partial charge in [-0.05, 0) is 87.0 Å².